The number of nitrogens with one attached hydrogen (secondary N) is 1. The molecule has 1 N–H and O–H groups in total. The molecule has 0 fully saturated rings. The summed E-state index contributed by atoms with van der Waals surface area (Å²) < 4.78 is 5.21. The van der Waals surface area contributed by atoms with Gasteiger partial charge in [-0.2, -0.15) is 11.8 Å². The van der Waals surface area contributed by atoms with Gasteiger partial charge in [-0.3, -0.25) is 5.32 Å². The number of benzene rings is 2. The standard InChI is InChI=1S/C19H19NO2S/c21-19(22-14-15-4-2-1-3-5-15)20-18-8-6-16(7-9-18)17-10-12-23-13-11-17/h1-10H,11-14H2,(H,20,21). The van der Waals surface area contributed by atoms with Crippen molar-refractivity contribution in [3.05, 3.63) is 71.8 Å². The van der Waals surface area contributed by atoms with Gasteiger partial charge in [-0.1, -0.05) is 48.5 Å². The first-order valence-corrected chi connectivity index (χ1v) is 8.82. The van der Waals surface area contributed by atoms with Crippen LogP contribution in [0.4, 0.5) is 10.5 Å². The summed E-state index contributed by atoms with van der Waals surface area (Å²) in [5.74, 6) is 2.26. The van der Waals surface area contributed by atoms with Crippen LogP contribution in [0, 0.1) is 0 Å². The third-order valence-electron chi connectivity index (χ3n) is 3.68. The van der Waals surface area contributed by atoms with E-state index in [1.54, 1.807) is 0 Å². The Hall–Kier alpha value is -2.20. The lowest BCUT2D eigenvalue weighted by molar-refractivity contribution is 0.155. The van der Waals surface area contributed by atoms with Crippen LogP contribution >= 0.6 is 11.8 Å². The van der Waals surface area contributed by atoms with Gasteiger partial charge in [0.25, 0.3) is 0 Å². The third kappa shape index (κ3) is 4.63. The predicted octanol–water partition coefficient (Wildman–Crippen LogP) is 4.96. The van der Waals surface area contributed by atoms with Gasteiger partial charge in [0, 0.05) is 11.4 Å². The van der Waals surface area contributed by atoms with Crippen molar-refractivity contribution >= 4 is 29.1 Å². The number of carbonyl (C=O) groups is 1. The van der Waals surface area contributed by atoms with Crippen LogP contribution in [0.25, 0.3) is 5.57 Å². The van der Waals surface area contributed by atoms with Crippen LogP contribution in [0.15, 0.2) is 60.7 Å². The van der Waals surface area contributed by atoms with E-state index in [0.29, 0.717) is 0 Å². The second kappa shape index (κ2) is 7.88. The number of ether oxygens (including phenoxy) is 1. The Morgan fingerprint density at radius 1 is 1.09 bits per heavy atom. The molecule has 0 spiro atoms. The Balaban J connectivity index is 1.53. The van der Waals surface area contributed by atoms with Crippen LogP contribution in [0.5, 0.6) is 0 Å². The molecule has 3 rings (SSSR count). The maximum atomic E-state index is 11.8. The van der Waals surface area contributed by atoms with E-state index in [1.165, 1.54) is 16.9 Å². The highest BCUT2D eigenvalue weighted by Gasteiger charge is 2.07. The lowest BCUT2D eigenvalue weighted by Gasteiger charge is -2.13. The Morgan fingerprint density at radius 3 is 2.57 bits per heavy atom. The molecule has 0 atom stereocenters. The number of rotatable bonds is 4. The first kappa shape index (κ1) is 15.7. The highest BCUT2D eigenvalue weighted by Crippen LogP contribution is 2.26. The summed E-state index contributed by atoms with van der Waals surface area (Å²) in [5.41, 5.74) is 4.34. The van der Waals surface area contributed by atoms with Crippen molar-refractivity contribution in [2.24, 2.45) is 0 Å². The highest BCUT2D eigenvalue weighted by atomic mass is 32.2. The van der Waals surface area contributed by atoms with Gasteiger partial charge in [0.2, 0.25) is 0 Å². The molecule has 1 aliphatic heterocycles. The minimum Gasteiger partial charge on any atom is -0.444 e. The molecule has 1 aliphatic rings. The van der Waals surface area contributed by atoms with E-state index < -0.39 is 6.09 Å². The van der Waals surface area contributed by atoms with Gasteiger partial charge < -0.3 is 4.74 Å². The lowest BCUT2D eigenvalue weighted by Crippen LogP contribution is -2.13. The molecule has 0 aliphatic carbocycles. The molecule has 4 heteroatoms. The zero-order chi connectivity index (χ0) is 15.9. The zero-order valence-corrected chi connectivity index (χ0v) is 13.6. The fourth-order valence-corrected chi connectivity index (χ4v) is 3.28. The molecule has 1 amide bonds. The summed E-state index contributed by atoms with van der Waals surface area (Å²) in [6, 6.07) is 17.6. The van der Waals surface area contributed by atoms with Crippen molar-refractivity contribution in [1.82, 2.24) is 0 Å². The quantitative estimate of drug-likeness (QED) is 0.864. The van der Waals surface area contributed by atoms with E-state index >= 15 is 0 Å². The van der Waals surface area contributed by atoms with Crippen molar-refractivity contribution in [2.45, 2.75) is 13.0 Å². The van der Waals surface area contributed by atoms with Gasteiger partial charge in [0.1, 0.15) is 6.61 Å². The highest BCUT2D eigenvalue weighted by molar-refractivity contribution is 7.99. The molecule has 2 aromatic carbocycles. The molecular weight excluding hydrogens is 306 g/mol. The van der Waals surface area contributed by atoms with Gasteiger partial charge in [0.05, 0.1) is 0 Å². The topological polar surface area (TPSA) is 38.3 Å². The maximum absolute atomic E-state index is 11.8. The van der Waals surface area contributed by atoms with Gasteiger partial charge in [-0.25, -0.2) is 4.79 Å². The molecule has 0 aromatic heterocycles. The Labute approximate surface area is 140 Å². The predicted molar refractivity (Wildman–Crippen MR) is 96.6 cm³/mol. The van der Waals surface area contributed by atoms with Crippen LogP contribution in [0.3, 0.4) is 0 Å². The smallest absolute Gasteiger partial charge is 0.411 e. The van der Waals surface area contributed by atoms with Crippen molar-refractivity contribution in [1.29, 1.82) is 0 Å². The van der Waals surface area contributed by atoms with Gasteiger partial charge in [-0.05, 0) is 41.0 Å². The van der Waals surface area contributed by atoms with E-state index in [1.807, 2.05) is 54.2 Å². The SMILES string of the molecule is O=C(Nc1ccc(C2=CCSCC2)cc1)OCc1ccccc1. The fraction of sp³-hybridized carbons (Fsp3) is 0.211. The second-order valence-electron chi connectivity index (χ2n) is 5.32. The van der Waals surface area contributed by atoms with E-state index in [-0.39, 0.29) is 6.61 Å². The number of amides is 1. The monoisotopic (exact) mass is 325 g/mol. The molecule has 3 nitrogen and oxygen atoms in total. The molecule has 0 radical (unpaired) electrons. The molecule has 0 unspecified atom stereocenters. The number of allylic oxidation sites excluding steroid dienone is 1. The number of hydrogen-bond donors (Lipinski definition) is 1. The van der Waals surface area contributed by atoms with Gasteiger partial charge in [0.15, 0.2) is 0 Å². The number of hydrogen-bond acceptors (Lipinski definition) is 3. The molecule has 0 bridgehead atoms. The van der Waals surface area contributed by atoms with Crippen LogP contribution in [-0.4, -0.2) is 17.6 Å². The minimum atomic E-state index is -0.435. The summed E-state index contributed by atoms with van der Waals surface area (Å²) in [6.45, 7) is 0.273. The van der Waals surface area contributed by atoms with E-state index in [4.69, 9.17) is 4.74 Å². The average molecular weight is 325 g/mol. The fourth-order valence-electron chi connectivity index (χ4n) is 2.43. The summed E-state index contributed by atoms with van der Waals surface area (Å²) in [4.78, 5) is 11.8. The van der Waals surface area contributed by atoms with Crippen LogP contribution in [0.1, 0.15) is 17.5 Å². The van der Waals surface area contributed by atoms with Crippen molar-refractivity contribution < 1.29 is 9.53 Å². The normalized spacial score (nSPS) is 14.0. The van der Waals surface area contributed by atoms with Crippen molar-refractivity contribution in [3.8, 4) is 0 Å². The zero-order valence-electron chi connectivity index (χ0n) is 12.8. The molecule has 2 aromatic rings. The summed E-state index contributed by atoms with van der Waals surface area (Å²) in [7, 11) is 0. The average Bonchev–Trinajstić information content (AvgIpc) is 2.62. The molecule has 0 saturated carbocycles. The number of carbonyl (C=O) groups excluding carboxylic acids is 1. The van der Waals surface area contributed by atoms with Gasteiger partial charge in [-0.15, -0.1) is 0 Å². The minimum absolute atomic E-state index is 0.273. The Morgan fingerprint density at radius 2 is 1.87 bits per heavy atom. The molecular formula is C19H19NO2S. The van der Waals surface area contributed by atoms with Gasteiger partial charge >= 0.3 is 6.09 Å². The van der Waals surface area contributed by atoms with Crippen LogP contribution in [0.2, 0.25) is 0 Å². The van der Waals surface area contributed by atoms with E-state index in [9.17, 15) is 4.79 Å². The first-order chi connectivity index (χ1) is 11.3. The maximum Gasteiger partial charge on any atom is 0.411 e. The number of thioether (sulfide) groups is 1. The van der Waals surface area contributed by atoms with E-state index in [0.717, 1.165) is 23.4 Å². The second-order valence-corrected chi connectivity index (χ2v) is 6.47. The third-order valence-corrected chi connectivity index (χ3v) is 4.57. The lowest BCUT2D eigenvalue weighted by atomic mass is 10.0. The number of anilines is 1. The van der Waals surface area contributed by atoms with Crippen molar-refractivity contribution in [2.75, 3.05) is 16.8 Å². The molecule has 0 saturated heterocycles. The largest absolute Gasteiger partial charge is 0.444 e. The summed E-state index contributed by atoms with van der Waals surface area (Å²) in [6.07, 6.45) is 2.95. The molecule has 1 heterocycles. The van der Waals surface area contributed by atoms with Crippen LogP contribution < -0.4 is 5.32 Å². The first-order valence-electron chi connectivity index (χ1n) is 7.66. The van der Waals surface area contributed by atoms with Crippen LogP contribution in [-0.2, 0) is 11.3 Å². The van der Waals surface area contributed by atoms with E-state index in [2.05, 4.69) is 23.5 Å². The summed E-state index contributed by atoms with van der Waals surface area (Å²) >= 11 is 1.96. The van der Waals surface area contributed by atoms with Crippen molar-refractivity contribution in [3.63, 3.8) is 0 Å². The molecule has 23 heavy (non-hydrogen) atoms. The molecule has 118 valence electrons. The summed E-state index contributed by atoms with van der Waals surface area (Å²) in [5, 5.41) is 2.76. The Bertz CT molecular complexity index is 680. The Kier molecular flexibility index (Phi) is 5.37.